The van der Waals surface area contributed by atoms with Crippen molar-refractivity contribution < 1.29 is 13.2 Å². The van der Waals surface area contributed by atoms with Crippen LogP contribution in [0.15, 0.2) is 71.6 Å². The van der Waals surface area contributed by atoms with Crippen molar-refractivity contribution in [2.45, 2.75) is 30.3 Å². The Balaban J connectivity index is 1.79. The summed E-state index contributed by atoms with van der Waals surface area (Å²) in [6.45, 7) is 0.600. The van der Waals surface area contributed by atoms with Gasteiger partial charge in [0.1, 0.15) is 6.04 Å². The summed E-state index contributed by atoms with van der Waals surface area (Å²) >= 11 is 5.98. The summed E-state index contributed by atoms with van der Waals surface area (Å²) < 4.78 is 28.8. The summed E-state index contributed by atoms with van der Waals surface area (Å²) in [5, 5.41) is 4.76. The monoisotopic (exact) mass is 445 g/mol. The predicted octanol–water partition coefficient (Wildman–Crippen LogP) is 3.20. The lowest BCUT2D eigenvalue weighted by Crippen LogP contribution is -2.46. The fraction of sp³-hybridized carbons (Fsp3) is 0.227. The van der Waals surface area contributed by atoms with E-state index in [9.17, 15) is 13.2 Å². The summed E-state index contributed by atoms with van der Waals surface area (Å²) in [7, 11) is -3.92. The molecule has 3 rings (SSSR count). The normalized spacial score (nSPS) is 12.6. The van der Waals surface area contributed by atoms with Crippen molar-refractivity contribution >= 4 is 38.3 Å². The number of sulfonamides is 1. The van der Waals surface area contributed by atoms with Crippen LogP contribution in [0.4, 0.5) is 0 Å². The van der Waals surface area contributed by atoms with Crippen LogP contribution in [-0.4, -0.2) is 26.9 Å². The van der Waals surface area contributed by atoms with Crippen LogP contribution in [0.5, 0.6) is 0 Å². The van der Waals surface area contributed by atoms with E-state index in [1.807, 2.05) is 24.3 Å². The highest BCUT2D eigenvalue weighted by molar-refractivity contribution is 7.89. The maximum absolute atomic E-state index is 13.1. The SMILES string of the molecule is NCCC[C@H](NS(=O)(=O)c1cccc2ccccc12)C(=O)NCc1cccc(Cl)c1. The Kier molecular flexibility index (Phi) is 7.44. The fourth-order valence-corrected chi connectivity index (χ4v) is 4.88. The van der Waals surface area contributed by atoms with Gasteiger partial charge < -0.3 is 11.1 Å². The van der Waals surface area contributed by atoms with E-state index < -0.39 is 22.0 Å². The van der Waals surface area contributed by atoms with E-state index in [4.69, 9.17) is 17.3 Å². The molecule has 1 amide bonds. The Morgan fingerprint density at radius 3 is 2.53 bits per heavy atom. The van der Waals surface area contributed by atoms with Gasteiger partial charge in [0.05, 0.1) is 4.90 Å². The smallest absolute Gasteiger partial charge is 0.241 e. The van der Waals surface area contributed by atoms with Crippen LogP contribution < -0.4 is 15.8 Å². The van der Waals surface area contributed by atoms with Crippen molar-refractivity contribution in [2.75, 3.05) is 6.54 Å². The molecule has 0 aliphatic heterocycles. The number of fused-ring (bicyclic) bond motifs is 1. The van der Waals surface area contributed by atoms with Crippen molar-refractivity contribution in [1.82, 2.24) is 10.0 Å². The number of rotatable bonds is 9. The molecule has 0 aliphatic rings. The van der Waals surface area contributed by atoms with Gasteiger partial charge in [0.15, 0.2) is 0 Å². The third-order valence-corrected chi connectivity index (χ3v) is 6.47. The van der Waals surface area contributed by atoms with Gasteiger partial charge in [-0.3, -0.25) is 4.79 Å². The minimum atomic E-state index is -3.92. The summed E-state index contributed by atoms with van der Waals surface area (Å²) in [6.07, 6.45) is 0.801. The number of benzene rings is 3. The topological polar surface area (TPSA) is 101 Å². The number of amides is 1. The van der Waals surface area contributed by atoms with Crippen LogP contribution in [0.1, 0.15) is 18.4 Å². The number of nitrogens with two attached hydrogens (primary N) is 1. The lowest BCUT2D eigenvalue weighted by molar-refractivity contribution is -0.123. The van der Waals surface area contributed by atoms with Crippen LogP contribution in [0.3, 0.4) is 0 Å². The van der Waals surface area contributed by atoms with Crippen LogP contribution in [0.25, 0.3) is 10.8 Å². The first-order valence-electron chi connectivity index (χ1n) is 9.63. The summed E-state index contributed by atoms with van der Waals surface area (Å²) in [4.78, 5) is 12.9. The van der Waals surface area contributed by atoms with Gasteiger partial charge >= 0.3 is 0 Å². The second-order valence-corrected chi connectivity index (χ2v) is 9.05. The van der Waals surface area contributed by atoms with Gasteiger partial charge in [0.25, 0.3) is 0 Å². The number of carbonyl (C=O) groups excluding carboxylic acids is 1. The molecule has 8 heteroatoms. The first-order chi connectivity index (χ1) is 14.4. The van der Waals surface area contributed by atoms with Crippen LogP contribution in [-0.2, 0) is 21.4 Å². The number of nitrogens with one attached hydrogen (secondary N) is 2. The zero-order valence-corrected chi connectivity index (χ0v) is 17.9. The fourth-order valence-electron chi connectivity index (χ4n) is 3.21. The first kappa shape index (κ1) is 22.2. The second kappa shape index (κ2) is 10.0. The Morgan fingerprint density at radius 2 is 1.77 bits per heavy atom. The van der Waals surface area contributed by atoms with E-state index in [-0.39, 0.29) is 11.4 Å². The average Bonchev–Trinajstić information content (AvgIpc) is 2.74. The van der Waals surface area contributed by atoms with E-state index in [1.54, 1.807) is 36.4 Å². The molecule has 0 radical (unpaired) electrons. The Labute approximate surface area is 181 Å². The van der Waals surface area contributed by atoms with Gasteiger partial charge in [-0.15, -0.1) is 0 Å². The van der Waals surface area contributed by atoms with E-state index >= 15 is 0 Å². The summed E-state index contributed by atoms with van der Waals surface area (Å²) in [5.74, 6) is -0.410. The molecular weight excluding hydrogens is 422 g/mol. The average molecular weight is 446 g/mol. The maximum atomic E-state index is 13.1. The van der Waals surface area contributed by atoms with E-state index in [0.717, 1.165) is 10.9 Å². The molecule has 0 unspecified atom stereocenters. The largest absolute Gasteiger partial charge is 0.351 e. The zero-order chi connectivity index (χ0) is 21.6. The molecule has 0 bridgehead atoms. The molecular formula is C22H24ClN3O3S. The molecule has 158 valence electrons. The molecule has 4 N–H and O–H groups in total. The molecule has 0 fully saturated rings. The third kappa shape index (κ3) is 5.58. The minimum Gasteiger partial charge on any atom is -0.351 e. The van der Waals surface area contributed by atoms with Crippen molar-refractivity contribution in [1.29, 1.82) is 0 Å². The lowest BCUT2D eigenvalue weighted by Gasteiger charge is -2.19. The highest BCUT2D eigenvalue weighted by Gasteiger charge is 2.26. The van der Waals surface area contributed by atoms with Gasteiger partial charge in [0.2, 0.25) is 15.9 Å². The molecule has 0 saturated carbocycles. The van der Waals surface area contributed by atoms with E-state index in [2.05, 4.69) is 10.0 Å². The Hall–Kier alpha value is -2.45. The quantitative estimate of drug-likeness (QED) is 0.470. The highest BCUT2D eigenvalue weighted by Crippen LogP contribution is 2.23. The van der Waals surface area contributed by atoms with Crippen molar-refractivity contribution in [2.24, 2.45) is 5.73 Å². The van der Waals surface area contributed by atoms with Gasteiger partial charge in [-0.25, -0.2) is 8.42 Å². The Bertz CT molecular complexity index is 1130. The van der Waals surface area contributed by atoms with Crippen molar-refractivity contribution in [3.63, 3.8) is 0 Å². The number of hydrogen-bond donors (Lipinski definition) is 3. The summed E-state index contributed by atoms with van der Waals surface area (Å²) in [5.41, 5.74) is 6.41. The van der Waals surface area contributed by atoms with Crippen molar-refractivity contribution in [3.8, 4) is 0 Å². The first-order valence-corrected chi connectivity index (χ1v) is 11.5. The number of hydrogen-bond acceptors (Lipinski definition) is 4. The molecule has 0 heterocycles. The predicted molar refractivity (Wildman–Crippen MR) is 120 cm³/mol. The standard InChI is InChI=1S/C22H24ClN3O3S/c23-18-9-3-6-16(14-18)15-25-22(27)20(11-5-13-24)26-30(28,29)21-12-4-8-17-7-1-2-10-19(17)21/h1-4,6-10,12,14,20,26H,5,11,13,15,24H2,(H,25,27)/t20-/m0/s1. The number of halogens is 1. The molecule has 0 saturated heterocycles. The molecule has 0 spiro atoms. The van der Waals surface area contributed by atoms with Crippen LogP contribution in [0.2, 0.25) is 5.02 Å². The van der Waals surface area contributed by atoms with Gasteiger partial charge in [-0.1, -0.05) is 60.1 Å². The Morgan fingerprint density at radius 1 is 1.03 bits per heavy atom. The van der Waals surface area contributed by atoms with Crippen LogP contribution in [0, 0.1) is 0 Å². The minimum absolute atomic E-state index is 0.140. The van der Waals surface area contributed by atoms with E-state index in [0.29, 0.717) is 29.8 Å². The highest BCUT2D eigenvalue weighted by atomic mass is 35.5. The van der Waals surface area contributed by atoms with Gasteiger partial charge in [-0.2, -0.15) is 4.72 Å². The maximum Gasteiger partial charge on any atom is 0.241 e. The number of carbonyl (C=O) groups is 1. The third-order valence-electron chi connectivity index (χ3n) is 4.71. The van der Waals surface area contributed by atoms with Gasteiger partial charge in [-0.05, 0) is 48.5 Å². The molecule has 3 aromatic carbocycles. The molecule has 0 aliphatic carbocycles. The lowest BCUT2D eigenvalue weighted by atomic mass is 10.1. The zero-order valence-electron chi connectivity index (χ0n) is 16.3. The summed E-state index contributed by atoms with van der Waals surface area (Å²) in [6, 6.07) is 18.5. The van der Waals surface area contributed by atoms with Crippen molar-refractivity contribution in [3.05, 3.63) is 77.3 Å². The van der Waals surface area contributed by atoms with Crippen LogP contribution >= 0.6 is 11.6 Å². The molecule has 1 atom stereocenters. The molecule has 3 aromatic rings. The van der Waals surface area contributed by atoms with E-state index in [1.165, 1.54) is 6.07 Å². The second-order valence-electron chi connectivity index (χ2n) is 6.93. The van der Waals surface area contributed by atoms with Gasteiger partial charge in [0, 0.05) is 17.0 Å². The molecule has 0 aromatic heterocycles. The molecule has 30 heavy (non-hydrogen) atoms. The molecule has 6 nitrogen and oxygen atoms in total.